The van der Waals surface area contributed by atoms with Gasteiger partial charge in [0.1, 0.15) is 24.7 Å². The smallest absolute Gasteiger partial charge is 0.123 e. The maximum Gasteiger partial charge on any atom is 0.123 e. The van der Waals surface area contributed by atoms with E-state index in [4.69, 9.17) is 14.7 Å². The predicted octanol–water partition coefficient (Wildman–Crippen LogP) is 3.32. The summed E-state index contributed by atoms with van der Waals surface area (Å²) < 4.78 is 11.2. The molecule has 0 amide bonds. The van der Waals surface area contributed by atoms with Crippen molar-refractivity contribution >= 4 is 0 Å². The van der Waals surface area contributed by atoms with Crippen LogP contribution in [-0.4, -0.2) is 13.2 Å². The summed E-state index contributed by atoms with van der Waals surface area (Å²) in [5.41, 5.74) is 1.61. The standard InChI is InChI=1S/C16H15NO2/c1-13-7-8-14(12-17)11-16(13)19-10-9-18-15-5-3-2-4-6-15/h2-8,11H,9-10H2,1H3. The molecule has 0 bridgehead atoms. The summed E-state index contributed by atoms with van der Waals surface area (Å²) in [6.45, 7) is 2.87. The second kappa shape index (κ2) is 6.46. The third kappa shape index (κ3) is 3.75. The maximum atomic E-state index is 8.84. The monoisotopic (exact) mass is 253 g/mol. The van der Waals surface area contributed by atoms with E-state index >= 15 is 0 Å². The Balaban J connectivity index is 1.85. The Bertz CT molecular complexity index is 573. The molecule has 0 heterocycles. The lowest BCUT2D eigenvalue weighted by Gasteiger charge is -2.10. The van der Waals surface area contributed by atoms with Crippen LogP contribution in [0.5, 0.6) is 11.5 Å². The Hall–Kier alpha value is -2.47. The van der Waals surface area contributed by atoms with E-state index < -0.39 is 0 Å². The van der Waals surface area contributed by atoms with Crippen molar-refractivity contribution in [3.63, 3.8) is 0 Å². The van der Waals surface area contributed by atoms with E-state index in [1.165, 1.54) is 0 Å². The molecule has 0 saturated carbocycles. The molecule has 0 N–H and O–H groups in total. The molecule has 0 aliphatic rings. The molecular weight excluding hydrogens is 238 g/mol. The molecule has 2 aromatic carbocycles. The molecule has 3 heteroatoms. The number of para-hydroxylation sites is 1. The molecule has 2 rings (SSSR count). The Kier molecular flexibility index (Phi) is 4.41. The third-order valence-electron chi connectivity index (χ3n) is 2.67. The number of benzene rings is 2. The van der Waals surface area contributed by atoms with E-state index in [2.05, 4.69) is 6.07 Å². The van der Waals surface area contributed by atoms with Crippen LogP contribution in [0.1, 0.15) is 11.1 Å². The van der Waals surface area contributed by atoms with E-state index in [-0.39, 0.29) is 0 Å². The van der Waals surface area contributed by atoms with Crippen LogP contribution in [0.25, 0.3) is 0 Å². The minimum Gasteiger partial charge on any atom is -0.490 e. The average molecular weight is 253 g/mol. The van der Waals surface area contributed by atoms with E-state index in [0.717, 1.165) is 17.1 Å². The van der Waals surface area contributed by atoms with Crippen LogP contribution in [0.2, 0.25) is 0 Å². The average Bonchev–Trinajstić information content (AvgIpc) is 2.46. The summed E-state index contributed by atoms with van der Waals surface area (Å²) in [5, 5.41) is 8.84. The molecule has 0 saturated heterocycles. The molecule has 3 nitrogen and oxygen atoms in total. The van der Waals surface area contributed by atoms with Gasteiger partial charge in [0.2, 0.25) is 0 Å². The number of rotatable bonds is 5. The van der Waals surface area contributed by atoms with Crippen LogP contribution in [0.15, 0.2) is 48.5 Å². The lowest BCUT2D eigenvalue weighted by Crippen LogP contribution is -2.09. The zero-order valence-corrected chi connectivity index (χ0v) is 10.8. The Morgan fingerprint density at radius 3 is 2.47 bits per heavy atom. The van der Waals surface area contributed by atoms with Gasteiger partial charge in [-0.2, -0.15) is 5.26 Å². The van der Waals surface area contributed by atoms with Gasteiger partial charge < -0.3 is 9.47 Å². The fraction of sp³-hybridized carbons (Fsp3) is 0.188. The molecule has 0 aromatic heterocycles. The molecule has 0 radical (unpaired) electrons. The van der Waals surface area contributed by atoms with Gasteiger partial charge in [-0.05, 0) is 36.8 Å². The second-order valence-corrected chi connectivity index (χ2v) is 4.10. The third-order valence-corrected chi connectivity index (χ3v) is 2.67. The van der Waals surface area contributed by atoms with Gasteiger partial charge in [-0.15, -0.1) is 0 Å². The van der Waals surface area contributed by atoms with Crippen molar-refractivity contribution < 1.29 is 9.47 Å². The van der Waals surface area contributed by atoms with Gasteiger partial charge in [0.15, 0.2) is 0 Å². The van der Waals surface area contributed by atoms with Crippen LogP contribution < -0.4 is 9.47 Å². The molecule has 19 heavy (non-hydrogen) atoms. The Labute approximate surface area is 113 Å². The normalized spacial score (nSPS) is 9.68. The highest BCUT2D eigenvalue weighted by atomic mass is 16.5. The van der Waals surface area contributed by atoms with Gasteiger partial charge >= 0.3 is 0 Å². The SMILES string of the molecule is Cc1ccc(C#N)cc1OCCOc1ccccc1. The predicted molar refractivity (Wildman–Crippen MR) is 73.3 cm³/mol. The maximum absolute atomic E-state index is 8.84. The summed E-state index contributed by atoms with van der Waals surface area (Å²) in [6.07, 6.45) is 0. The van der Waals surface area contributed by atoms with Crippen LogP contribution in [0.3, 0.4) is 0 Å². The number of aryl methyl sites for hydroxylation is 1. The topological polar surface area (TPSA) is 42.2 Å². The first-order valence-corrected chi connectivity index (χ1v) is 6.11. The molecular formula is C16H15NO2. The molecule has 2 aromatic rings. The molecule has 96 valence electrons. The number of hydrogen-bond acceptors (Lipinski definition) is 3. The largest absolute Gasteiger partial charge is 0.490 e. The zero-order chi connectivity index (χ0) is 13.5. The van der Waals surface area contributed by atoms with E-state index in [1.807, 2.05) is 43.3 Å². The molecule has 0 unspecified atom stereocenters. The van der Waals surface area contributed by atoms with Crippen LogP contribution in [0.4, 0.5) is 0 Å². The lowest BCUT2D eigenvalue weighted by molar-refractivity contribution is 0.216. The lowest BCUT2D eigenvalue weighted by atomic mass is 10.1. The second-order valence-electron chi connectivity index (χ2n) is 4.10. The number of ether oxygens (including phenoxy) is 2. The van der Waals surface area contributed by atoms with Crippen molar-refractivity contribution in [1.29, 1.82) is 5.26 Å². The highest BCUT2D eigenvalue weighted by Crippen LogP contribution is 2.19. The summed E-state index contributed by atoms with van der Waals surface area (Å²) in [4.78, 5) is 0. The highest BCUT2D eigenvalue weighted by molar-refractivity contribution is 5.41. The molecule has 0 aliphatic carbocycles. The first-order valence-electron chi connectivity index (χ1n) is 6.11. The van der Waals surface area contributed by atoms with Crippen molar-refractivity contribution in [3.05, 3.63) is 59.7 Å². The van der Waals surface area contributed by atoms with Gasteiger partial charge in [0, 0.05) is 0 Å². The van der Waals surface area contributed by atoms with Crippen molar-refractivity contribution in [2.75, 3.05) is 13.2 Å². The Morgan fingerprint density at radius 1 is 1.00 bits per heavy atom. The number of nitriles is 1. The van der Waals surface area contributed by atoms with Gasteiger partial charge in [0.25, 0.3) is 0 Å². The van der Waals surface area contributed by atoms with E-state index in [1.54, 1.807) is 12.1 Å². The first kappa shape index (κ1) is 13.0. The number of nitrogens with zero attached hydrogens (tertiary/aromatic N) is 1. The quantitative estimate of drug-likeness (QED) is 0.767. The van der Waals surface area contributed by atoms with E-state index in [0.29, 0.717) is 18.8 Å². The molecule has 0 spiro atoms. The van der Waals surface area contributed by atoms with E-state index in [9.17, 15) is 0 Å². The summed E-state index contributed by atoms with van der Waals surface area (Å²) >= 11 is 0. The summed E-state index contributed by atoms with van der Waals surface area (Å²) in [6, 6.07) is 17.1. The fourth-order valence-corrected chi connectivity index (χ4v) is 1.65. The zero-order valence-electron chi connectivity index (χ0n) is 10.8. The summed E-state index contributed by atoms with van der Waals surface area (Å²) in [7, 11) is 0. The summed E-state index contributed by atoms with van der Waals surface area (Å²) in [5.74, 6) is 1.56. The van der Waals surface area contributed by atoms with Gasteiger partial charge in [-0.1, -0.05) is 24.3 Å². The van der Waals surface area contributed by atoms with Crippen molar-refractivity contribution in [2.45, 2.75) is 6.92 Å². The minimum atomic E-state index is 0.449. The van der Waals surface area contributed by atoms with Crippen molar-refractivity contribution in [2.24, 2.45) is 0 Å². The molecule has 0 fully saturated rings. The van der Waals surface area contributed by atoms with Gasteiger partial charge in [-0.3, -0.25) is 0 Å². The van der Waals surface area contributed by atoms with Crippen LogP contribution in [-0.2, 0) is 0 Å². The van der Waals surface area contributed by atoms with Gasteiger partial charge in [-0.25, -0.2) is 0 Å². The van der Waals surface area contributed by atoms with Crippen LogP contribution in [0, 0.1) is 18.3 Å². The fourth-order valence-electron chi connectivity index (χ4n) is 1.65. The molecule has 0 atom stereocenters. The van der Waals surface area contributed by atoms with Gasteiger partial charge in [0.05, 0.1) is 11.6 Å². The first-order chi connectivity index (χ1) is 9.29. The van der Waals surface area contributed by atoms with Crippen LogP contribution >= 0.6 is 0 Å². The van der Waals surface area contributed by atoms with Crippen molar-refractivity contribution in [3.8, 4) is 17.6 Å². The molecule has 0 aliphatic heterocycles. The Morgan fingerprint density at radius 2 is 1.74 bits per heavy atom. The minimum absolute atomic E-state index is 0.449. The van der Waals surface area contributed by atoms with Crippen molar-refractivity contribution in [1.82, 2.24) is 0 Å². The highest BCUT2D eigenvalue weighted by Gasteiger charge is 2.01. The number of hydrogen-bond donors (Lipinski definition) is 0.